The van der Waals surface area contributed by atoms with E-state index in [9.17, 15) is 12.9 Å². The maximum absolute atomic E-state index is 12.7. The van der Waals surface area contributed by atoms with E-state index in [1.165, 1.54) is 0 Å². The number of pyridine rings is 1. The van der Waals surface area contributed by atoms with Gasteiger partial charge in [0.15, 0.2) is 0 Å². The SMILES string of the molecule is F[B-](F)(F)c1ccnc(N2CCOCC2)c1Cl.[K+]. The maximum Gasteiger partial charge on any atom is 1.00 e. The molecule has 0 amide bonds. The van der Waals surface area contributed by atoms with E-state index in [2.05, 4.69) is 4.98 Å². The van der Waals surface area contributed by atoms with Gasteiger partial charge in [-0.05, 0) is 0 Å². The molecule has 9 heteroatoms. The molecule has 0 aromatic carbocycles. The molecule has 0 spiro atoms. The summed E-state index contributed by atoms with van der Waals surface area (Å²) in [6, 6.07) is 0.909. The Morgan fingerprint density at radius 2 is 1.89 bits per heavy atom. The predicted molar refractivity (Wildman–Crippen MR) is 61.0 cm³/mol. The Labute approximate surface area is 151 Å². The number of rotatable bonds is 2. The summed E-state index contributed by atoms with van der Waals surface area (Å²) < 4.78 is 43.2. The molecule has 0 unspecified atom stereocenters. The molecule has 0 saturated carbocycles. The van der Waals surface area contributed by atoms with Crippen molar-refractivity contribution in [1.82, 2.24) is 4.98 Å². The van der Waals surface area contributed by atoms with Crippen molar-refractivity contribution in [3.8, 4) is 0 Å². The molecule has 1 saturated heterocycles. The monoisotopic (exact) mass is 304 g/mol. The van der Waals surface area contributed by atoms with Gasteiger partial charge in [0, 0.05) is 19.3 Å². The van der Waals surface area contributed by atoms with Crippen molar-refractivity contribution in [1.29, 1.82) is 0 Å². The Balaban J connectivity index is 0.00000162. The van der Waals surface area contributed by atoms with Gasteiger partial charge >= 0.3 is 58.4 Å². The summed E-state index contributed by atoms with van der Waals surface area (Å²) >= 11 is 5.78. The summed E-state index contributed by atoms with van der Waals surface area (Å²) in [5, 5.41) is -0.318. The number of hydrogen-bond acceptors (Lipinski definition) is 3. The van der Waals surface area contributed by atoms with Crippen molar-refractivity contribution in [2.75, 3.05) is 31.2 Å². The average molecular weight is 305 g/mol. The topological polar surface area (TPSA) is 25.4 Å². The van der Waals surface area contributed by atoms with Gasteiger partial charge in [-0.15, -0.1) is 0 Å². The molecule has 94 valence electrons. The molecule has 1 aromatic rings. The molecule has 1 fully saturated rings. The average Bonchev–Trinajstić information content (AvgIpc) is 2.29. The Kier molecular flexibility index (Phi) is 6.44. The molecule has 2 heterocycles. The van der Waals surface area contributed by atoms with Crippen LogP contribution in [0.4, 0.5) is 18.8 Å². The summed E-state index contributed by atoms with van der Waals surface area (Å²) in [6.07, 6.45) is 1.14. The fourth-order valence-corrected chi connectivity index (χ4v) is 2.05. The molecule has 2 rings (SSSR count). The van der Waals surface area contributed by atoms with Crippen molar-refractivity contribution in [2.24, 2.45) is 0 Å². The van der Waals surface area contributed by atoms with Crippen LogP contribution in [0.2, 0.25) is 5.02 Å². The van der Waals surface area contributed by atoms with Crippen LogP contribution >= 0.6 is 11.6 Å². The zero-order chi connectivity index (χ0) is 12.5. The fraction of sp³-hybridized carbons (Fsp3) is 0.444. The molecule has 0 N–H and O–H groups in total. The zero-order valence-corrected chi connectivity index (χ0v) is 13.8. The molecule has 0 atom stereocenters. The quantitative estimate of drug-likeness (QED) is 0.631. The van der Waals surface area contributed by atoms with Crippen LogP contribution in [0.25, 0.3) is 0 Å². The van der Waals surface area contributed by atoms with Crippen molar-refractivity contribution in [3.63, 3.8) is 0 Å². The first-order valence-corrected chi connectivity index (χ1v) is 5.55. The van der Waals surface area contributed by atoms with E-state index in [1.807, 2.05) is 0 Å². The van der Waals surface area contributed by atoms with Gasteiger partial charge in [-0.3, -0.25) is 0 Å². The van der Waals surface area contributed by atoms with Crippen molar-refractivity contribution in [3.05, 3.63) is 17.3 Å². The summed E-state index contributed by atoms with van der Waals surface area (Å²) in [6.45, 7) is -3.16. The van der Waals surface area contributed by atoms with Crippen LogP contribution in [-0.2, 0) is 4.74 Å². The number of halogens is 4. The van der Waals surface area contributed by atoms with Crippen LogP contribution in [-0.4, -0.2) is 38.3 Å². The van der Waals surface area contributed by atoms with Crippen LogP contribution in [0, 0.1) is 0 Å². The summed E-state index contributed by atoms with van der Waals surface area (Å²) in [4.78, 5) is 5.63. The molecule has 0 radical (unpaired) electrons. The number of ether oxygens (including phenoxy) is 1. The molecule has 1 aliphatic rings. The van der Waals surface area contributed by atoms with Crippen molar-refractivity contribution >= 4 is 29.9 Å². The van der Waals surface area contributed by atoms with Crippen LogP contribution in [0.5, 0.6) is 0 Å². The summed E-state index contributed by atoms with van der Waals surface area (Å²) in [5.74, 6) is 0.187. The molecular weight excluding hydrogens is 294 g/mol. The Morgan fingerprint density at radius 3 is 2.44 bits per heavy atom. The molecule has 1 aromatic heterocycles. The van der Waals surface area contributed by atoms with Crippen LogP contribution in [0.1, 0.15) is 0 Å². The van der Waals surface area contributed by atoms with Gasteiger partial charge in [0.1, 0.15) is 5.82 Å². The van der Waals surface area contributed by atoms with Gasteiger partial charge in [-0.2, -0.15) is 0 Å². The zero-order valence-electron chi connectivity index (χ0n) is 9.88. The van der Waals surface area contributed by atoms with Gasteiger partial charge in [0.25, 0.3) is 0 Å². The summed E-state index contributed by atoms with van der Waals surface area (Å²) in [5.41, 5.74) is -0.789. The van der Waals surface area contributed by atoms with Crippen LogP contribution in [0.15, 0.2) is 12.3 Å². The Bertz CT molecular complexity index is 415. The third-order valence-electron chi connectivity index (χ3n) is 2.56. The van der Waals surface area contributed by atoms with E-state index in [-0.39, 0.29) is 62.2 Å². The second kappa shape index (κ2) is 6.92. The molecule has 3 nitrogen and oxygen atoms in total. The first kappa shape index (κ1) is 16.7. The fourth-order valence-electron chi connectivity index (χ4n) is 1.70. The Hall–Kier alpha value is 0.691. The standard InChI is InChI=1S/C9H10BClF3N2O.K/c11-8-7(10(12,13)14)1-2-15-9(8)16-3-5-17-6-4-16;/h1-2H,3-6H2;/q-1;+1. The second-order valence-corrected chi connectivity index (χ2v) is 4.09. The van der Waals surface area contributed by atoms with E-state index in [4.69, 9.17) is 16.3 Å². The van der Waals surface area contributed by atoms with Gasteiger partial charge in [0.2, 0.25) is 0 Å². The third kappa shape index (κ3) is 3.85. The second-order valence-electron chi connectivity index (χ2n) is 3.71. The van der Waals surface area contributed by atoms with E-state index in [0.29, 0.717) is 26.3 Å². The minimum atomic E-state index is -5.11. The molecule has 18 heavy (non-hydrogen) atoms. The third-order valence-corrected chi connectivity index (χ3v) is 2.95. The van der Waals surface area contributed by atoms with E-state index < -0.39 is 12.4 Å². The van der Waals surface area contributed by atoms with E-state index in [1.54, 1.807) is 4.90 Å². The number of hydrogen-bond donors (Lipinski definition) is 0. The number of nitrogens with zero attached hydrogens (tertiary/aromatic N) is 2. The normalized spacial score (nSPS) is 16.3. The molecular formula is C9H10BClF3KN2O. The maximum atomic E-state index is 12.7. The van der Waals surface area contributed by atoms with Gasteiger partial charge in [-0.1, -0.05) is 23.1 Å². The predicted octanol–water partition coefficient (Wildman–Crippen LogP) is -1.37. The number of aromatic nitrogens is 1. The molecule has 1 aliphatic heterocycles. The minimum absolute atomic E-state index is 0. The van der Waals surface area contributed by atoms with Crippen LogP contribution < -0.4 is 61.7 Å². The van der Waals surface area contributed by atoms with E-state index in [0.717, 1.165) is 12.3 Å². The molecule has 0 bridgehead atoms. The number of morpholine rings is 1. The largest absolute Gasteiger partial charge is 1.00 e. The van der Waals surface area contributed by atoms with Gasteiger partial charge in [0.05, 0.1) is 18.2 Å². The van der Waals surface area contributed by atoms with Crippen molar-refractivity contribution in [2.45, 2.75) is 0 Å². The first-order chi connectivity index (χ1) is 8.00. The van der Waals surface area contributed by atoms with Gasteiger partial charge in [-0.25, -0.2) is 4.98 Å². The van der Waals surface area contributed by atoms with Gasteiger partial charge < -0.3 is 22.6 Å². The minimum Gasteiger partial charge on any atom is -0.445 e. The smallest absolute Gasteiger partial charge is 0.445 e. The summed E-state index contributed by atoms with van der Waals surface area (Å²) in [7, 11) is 0. The van der Waals surface area contributed by atoms with Crippen molar-refractivity contribution < 1.29 is 69.1 Å². The van der Waals surface area contributed by atoms with E-state index >= 15 is 0 Å². The number of anilines is 1. The Morgan fingerprint density at radius 1 is 1.28 bits per heavy atom. The van der Waals surface area contributed by atoms with Crippen LogP contribution in [0.3, 0.4) is 0 Å². The first-order valence-electron chi connectivity index (χ1n) is 5.17. The molecule has 0 aliphatic carbocycles.